The number of fused-ring (bicyclic) bond motifs is 1. The van der Waals surface area contributed by atoms with Gasteiger partial charge in [-0.2, -0.15) is 0 Å². The summed E-state index contributed by atoms with van der Waals surface area (Å²) in [7, 11) is 1.65. The van der Waals surface area contributed by atoms with E-state index in [0.29, 0.717) is 6.54 Å². The third-order valence-electron chi connectivity index (χ3n) is 4.26. The van der Waals surface area contributed by atoms with E-state index in [1.165, 1.54) is 0 Å². The van der Waals surface area contributed by atoms with Crippen molar-refractivity contribution >= 4 is 6.03 Å². The molecule has 1 aliphatic carbocycles. The number of amides is 2. The molecule has 0 aliphatic heterocycles. The van der Waals surface area contributed by atoms with Gasteiger partial charge in [0.2, 0.25) is 0 Å². The molecule has 2 N–H and O–H groups in total. The molecule has 5 nitrogen and oxygen atoms in total. The summed E-state index contributed by atoms with van der Waals surface area (Å²) in [6.07, 6.45) is 4.45. The molecule has 23 heavy (non-hydrogen) atoms. The molecule has 0 saturated carbocycles. The van der Waals surface area contributed by atoms with Gasteiger partial charge in [-0.1, -0.05) is 30.3 Å². The van der Waals surface area contributed by atoms with Crippen LogP contribution in [-0.2, 0) is 11.2 Å². The molecule has 0 saturated heterocycles. The Balaban J connectivity index is 1.54. The lowest BCUT2D eigenvalue weighted by molar-refractivity contribution is 0.104. The van der Waals surface area contributed by atoms with Crippen LogP contribution in [0.3, 0.4) is 0 Å². The smallest absolute Gasteiger partial charge is 0.315 e. The van der Waals surface area contributed by atoms with Crippen molar-refractivity contribution in [2.75, 3.05) is 13.7 Å². The van der Waals surface area contributed by atoms with E-state index in [1.54, 1.807) is 13.4 Å². The number of hydrogen-bond donors (Lipinski definition) is 2. The van der Waals surface area contributed by atoms with E-state index in [0.717, 1.165) is 36.1 Å². The maximum atomic E-state index is 12.2. The fourth-order valence-electron chi connectivity index (χ4n) is 3.04. The van der Waals surface area contributed by atoms with Gasteiger partial charge >= 0.3 is 6.03 Å². The second kappa shape index (κ2) is 7.33. The van der Waals surface area contributed by atoms with Crippen LogP contribution in [-0.4, -0.2) is 19.7 Å². The summed E-state index contributed by atoms with van der Waals surface area (Å²) in [6.45, 7) is 0.428. The minimum atomic E-state index is -0.179. The number of urea groups is 1. The van der Waals surface area contributed by atoms with Crippen LogP contribution in [0, 0.1) is 0 Å². The van der Waals surface area contributed by atoms with Gasteiger partial charge in [-0.15, -0.1) is 0 Å². The van der Waals surface area contributed by atoms with Crippen molar-refractivity contribution in [3.8, 4) is 0 Å². The quantitative estimate of drug-likeness (QED) is 0.889. The number of hydrogen-bond acceptors (Lipinski definition) is 3. The van der Waals surface area contributed by atoms with Gasteiger partial charge in [0.15, 0.2) is 0 Å². The summed E-state index contributed by atoms with van der Waals surface area (Å²) >= 11 is 0. The van der Waals surface area contributed by atoms with Crippen LogP contribution in [0.5, 0.6) is 0 Å². The lowest BCUT2D eigenvalue weighted by Crippen LogP contribution is -2.40. The van der Waals surface area contributed by atoms with Crippen LogP contribution in [0.15, 0.2) is 47.1 Å². The van der Waals surface area contributed by atoms with Crippen molar-refractivity contribution in [3.63, 3.8) is 0 Å². The van der Waals surface area contributed by atoms with Gasteiger partial charge in [-0.05, 0) is 24.5 Å². The minimum Gasteiger partial charge on any atom is -0.469 e. The van der Waals surface area contributed by atoms with Crippen LogP contribution in [0.25, 0.3) is 0 Å². The molecule has 2 aromatic rings. The first kappa shape index (κ1) is 15.6. The van der Waals surface area contributed by atoms with Crippen molar-refractivity contribution in [1.82, 2.24) is 10.6 Å². The Morgan fingerprint density at radius 2 is 2.17 bits per heavy atom. The normalized spacial score (nSPS) is 18.0. The average molecular weight is 314 g/mol. The first-order chi connectivity index (χ1) is 11.3. The monoisotopic (exact) mass is 314 g/mol. The maximum Gasteiger partial charge on any atom is 0.315 e. The highest BCUT2D eigenvalue weighted by Gasteiger charge is 2.24. The number of carbonyl (C=O) groups excluding carboxylic acids is 1. The Bertz CT molecular complexity index is 639. The van der Waals surface area contributed by atoms with E-state index < -0.39 is 0 Å². The lowest BCUT2D eigenvalue weighted by atomic mass is 9.93. The fourth-order valence-corrected chi connectivity index (χ4v) is 3.04. The highest BCUT2D eigenvalue weighted by molar-refractivity contribution is 5.74. The molecule has 0 radical (unpaired) electrons. The minimum absolute atomic E-state index is 0.0234. The first-order valence-corrected chi connectivity index (χ1v) is 7.96. The summed E-state index contributed by atoms with van der Waals surface area (Å²) in [5.41, 5.74) is 2.14. The maximum absolute atomic E-state index is 12.2. The molecular formula is C18H22N2O3. The van der Waals surface area contributed by atoms with Crippen molar-refractivity contribution in [3.05, 3.63) is 59.5 Å². The molecule has 1 aromatic heterocycles. The lowest BCUT2D eigenvalue weighted by Gasteiger charge is -2.23. The van der Waals surface area contributed by atoms with Gasteiger partial charge in [-0.25, -0.2) is 4.79 Å². The SMILES string of the molecule is COC(CNC(=O)NC1CCCc2occc21)c1ccccc1. The molecular weight excluding hydrogens is 292 g/mol. The zero-order valence-electron chi connectivity index (χ0n) is 13.2. The van der Waals surface area contributed by atoms with Crippen LogP contribution >= 0.6 is 0 Å². The highest BCUT2D eigenvalue weighted by atomic mass is 16.5. The summed E-state index contributed by atoms with van der Waals surface area (Å²) in [5.74, 6) is 0.987. The van der Waals surface area contributed by atoms with Gasteiger partial charge in [0.25, 0.3) is 0 Å². The molecule has 0 spiro atoms. The number of aryl methyl sites for hydroxylation is 1. The number of ether oxygens (including phenoxy) is 1. The van der Waals surface area contributed by atoms with Gasteiger partial charge in [0.1, 0.15) is 5.76 Å². The van der Waals surface area contributed by atoms with E-state index in [-0.39, 0.29) is 18.2 Å². The Morgan fingerprint density at radius 1 is 1.35 bits per heavy atom. The summed E-state index contributed by atoms with van der Waals surface area (Å²) in [5, 5.41) is 5.92. The van der Waals surface area contributed by atoms with Gasteiger partial charge in [0, 0.05) is 25.6 Å². The first-order valence-electron chi connectivity index (χ1n) is 7.96. The number of carbonyl (C=O) groups is 1. The Hall–Kier alpha value is -2.27. The van der Waals surface area contributed by atoms with E-state index in [1.807, 2.05) is 36.4 Å². The third kappa shape index (κ3) is 3.74. The molecule has 122 valence electrons. The van der Waals surface area contributed by atoms with Crippen molar-refractivity contribution in [2.24, 2.45) is 0 Å². The third-order valence-corrected chi connectivity index (χ3v) is 4.26. The number of rotatable bonds is 5. The summed E-state index contributed by atoms with van der Waals surface area (Å²) in [4.78, 5) is 12.2. The molecule has 2 atom stereocenters. The molecule has 1 aliphatic rings. The molecule has 0 fully saturated rings. The zero-order valence-corrected chi connectivity index (χ0v) is 13.2. The van der Waals surface area contributed by atoms with Gasteiger partial charge in [-0.3, -0.25) is 0 Å². The molecule has 2 amide bonds. The Morgan fingerprint density at radius 3 is 2.96 bits per heavy atom. The van der Waals surface area contributed by atoms with E-state index in [4.69, 9.17) is 9.15 Å². The second-order valence-corrected chi connectivity index (χ2v) is 5.73. The van der Waals surface area contributed by atoms with E-state index in [9.17, 15) is 4.79 Å². The van der Waals surface area contributed by atoms with E-state index in [2.05, 4.69) is 10.6 Å². The molecule has 5 heteroatoms. The van der Waals surface area contributed by atoms with Crippen LogP contribution in [0.4, 0.5) is 4.79 Å². The van der Waals surface area contributed by atoms with Crippen molar-refractivity contribution in [1.29, 1.82) is 0 Å². The molecule has 1 heterocycles. The molecule has 1 aromatic carbocycles. The molecule has 3 rings (SSSR count). The molecule has 0 bridgehead atoms. The van der Waals surface area contributed by atoms with E-state index >= 15 is 0 Å². The average Bonchev–Trinajstić information content (AvgIpc) is 3.06. The van der Waals surface area contributed by atoms with Crippen molar-refractivity contribution in [2.45, 2.75) is 31.4 Å². The van der Waals surface area contributed by atoms with Gasteiger partial charge < -0.3 is 19.8 Å². The number of nitrogens with one attached hydrogen (secondary N) is 2. The van der Waals surface area contributed by atoms with Crippen LogP contribution < -0.4 is 10.6 Å². The Labute approximate surface area is 136 Å². The van der Waals surface area contributed by atoms with Crippen molar-refractivity contribution < 1.29 is 13.9 Å². The van der Waals surface area contributed by atoms with Crippen LogP contribution in [0.2, 0.25) is 0 Å². The summed E-state index contributed by atoms with van der Waals surface area (Å²) < 4.78 is 10.9. The standard InChI is InChI=1S/C18H22N2O3/c1-22-17(13-6-3-2-4-7-13)12-19-18(21)20-15-8-5-9-16-14(15)10-11-23-16/h2-4,6-7,10-11,15,17H,5,8-9,12H2,1H3,(H2,19,20,21). The number of methoxy groups -OCH3 is 1. The number of furan rings is 1. The highest BCUT2D eigenvalue weighted by Crippen LogP contribution is 2.30. The predicted molar refractivity (Wildman–Crippen MR) is 87.1 cm³/mol. The summed E-state index contributed by atoms with van der Waals surface area (Å²) in [6, 6.07) is 11.7. The zero-order chi connectivity index (χ0) is 16.1. The topological polar surface area (TPSA) is 63.5 Å². The number of benzene rings is 1. The fraction of sp³-hybridized carbons (Fsp3) is 0.389. The second-order valence-electron chi connectivity index (χ2n) is 5.73. The predicted octanol–water partition coefficient (Wildman–Crippen LogP) is 3.34. The van der Waals surface area contributed by atoms with Crippen LogP contribution in [0.1, 0.15) is 41.9 Å². The van der Waals surface area contributed by atoms with Gasteiger partial charge in [0.05, 0.1) is 18.4 Å². The Kier molecular flexibility index (Phi) is 4.98. The largest absolute Gasteiger partial charge is 0.469 e. The molecule has 2 unspecified atom stereocenters.